The van der Waals surface area contributed by atoms with Gasteiger partial charge >= 0.3 is 60.8 Å². The minimum absolute atomic E-state index is 0. The zero-order valence-corrected chi connectivity index (χ0v) is 11.2. The molecule has 0 aromatic heterocycles. The molecule has 0 saturated carbocycles. The van der Waals surface area contributed by atoms with Crippen LogP contribution in [0.1, 0.15) is 23.6 Å². The molecule has 0 aliphatic carbocycles. The van der Waals surface area contributed by atoms with Gasteiger partial charge in [-0.1, -0.05) is 0 Å². The van der Waals surface area contributed by atoms with Gasteiger partial charge in [-0.2, -0.15) is 0 Å². The maximum atomic E-state index is 10.3. The van der Waals surface area contributed by atoms with E-state index in [9.17, 15) is 9.59 Å². The van der Waals surface area contributed by atoms with Crippen LogP contribution >= 0.6 is 0 Å². The van der Waals surface area contributed by atoms with Crippen LogP contribution in [0.3, 0.4) is 0 Å². The molecule has 0 amide bonds. The van der Waals surface area contributed by atoms with Crippen LogP contribution in [0.25, 0.3) is 0 Å². The number of carboxylic acid groups (broad SMARTS) is 2. The van der Waals surface area contributed by atoms with Crippen LogP contribution in [0.15, 0.2) is 24.3 Å². The predicted octanol–water partition coefficient (Wildman–Crippen LogP) is 0.927. The van der Waals surface area contributed by atoms with Gasteiger partial charge in [0.2, 0.25) is 0 Å². The van der Waals surface area contributed by atoms with Gasteiger partial charge in [-0.05, 0) is 24.3 Å². The van der Waals surface area contributed by atoms with Crippen molar-refractivity contribution in [3.05, 3.63) is 35.4 Å². The van der Waals surface area contributed by atoms with E-state index in [0.717, 1.165) is 0 Å². The number of rotatable bonds is 2. The SMILES string of the molecule is O=C(O)c1ccc(C(=O)O)cc1.[Ba+2].[H-].[H-]. The maximum absolute atomic E-state index is 10.3. The summed E-state index contributed by atoms with van der Waals surface area (Å²) in [6.07, 6.45) is 0. The quantitative estimate of drug-likeness (QED) is 0.797. The summed E-state index contributed by atoms with van der Waals surface area (Å²) in [5, 5.41) is 16.9. The predicted molar refractivity (Wildman–Crippen MR) is 48.3 cm³/mol. The van der Waals surface area contributed by atoms with E-state index in [4.69, 9.17) is 10.2 Å². The molecule has 0 aliphatic rings. The molecule has 0 unspecified atom stereocenters. The minimum Gasteiger partial charge on any atom is -1.00 e. The topological polar surface area (TPSA) is 74.6 Å². The third-order valence-corrected chi connectivity index (χ3v) is 1.38. The van der Waals surface area contributed by atoms with Crippen molar-refractivity contribution in [2.24, 2.45) is 0 Å². The van der Waals surface area contributed by atoms with Crippen LogP contribution in [0.2, 0.25) is 0 Å². The van der Waals surface area contributed by atoms with E-state index >= 15 is 0 Å². The molecule has 0 spiro atoms. The Labute approximate surface area is 118 Å². The van der Waals surface area contributed by atoms with Crippen molar-refractivity contribution >= 4 is 60.8 Å². The number of carboxylic acids is 2. The van der Waals surface area contributed by atoms with E-state index in [2.05, 4.69) is 0 Å². The Balaban J connectivity index is -0.000000480. The third-order valence-electron chi connectivity index (χ3n) is 1.38. The third kappa shape index (κ3) is 3.53. The summed E-state index contributed by atoms with van der Waals surface area (Å²) in [7, 11) is 0. The van der Waals surface area contributed by atoms with Gasteiger partial charge in [0.05, 0.1) is 11.1 Å². The smallest absolute Gasteiger partial charge is 1.00 e. The first kappa shape index (κ1) is 12.7. The van der Waals surface area contributed by atoms with E-state index in [0.29, 0.717) is 0 Å². The van der Waals surface area contributed by atoms with Crippen molar-refractivity contribution in [3.63, 3.8) is 0 Å². The molecule has 1 aromatic carbocycles. The molecule has 0 radical (unpaired) electrons. The van der Waals surface area contributed by atoms with Crippen LogP contribution in [0.4, 0.5) is 0 Å². The average Bonchev–Trinajstić information content (AvgIpc) is 2.04. The fraction of sp³-hybridized carbons (Fsp3) is 0. The van der Waals surface area contributed by atoms with Crippen LogP contribution in [0.5, 0.6) is 0 Å². The van der Waals surface area contributed by atoms with Crippen molar-refractivity contribution in [3.8, 4) is 0 Å². The molecular formula is C8H8BaO4. The fourth-order valence-corrected chi connectivity index (χ4v) is 0.755. The molecule has 13 heavy (non-hydrogen) atoms. The molecule has 0 atom stereocenters. The Morgan fingerprint density at radius 1 is 0.923 bits per heavy atom. The van der Waals surface area contributed by atoms with Gasteiger partial charge in [-0.15, -0.1) is 0 Å². The molecule has 0 aliphatic heterocycles. The normalized spacial score (nSPS) is 8.62. The second kappa shape index (κ2) is 5.46. The van der Waals surface area contributed by atoms with Crippen molar-refractivity contribution in [2.45, 2.75) is 0 Å². The average molecular weight is 305 g/mol. The summed E-state index contributed by atoms with van der Waals surface area (Å²) in [6, 6.07) is 5.02. The van der Waals surface area contributed by atoms with Crippen LogP contribution in [-0.4, -0.2) is 71.0 Å². The molecule has 5 heteroatoms. The zero-order chi connectivity index (χ0) is 9.14. The summed E-state index contributed by atoms with van der Waals surface area (Å²) in [5.41, 5.74) is 0.167. The van der Waals surface area contributed by atoms with Gasteiger partial charge in [-0.25, -0.2) is 9.59 Å². The van der Waals surface area contributed by atoms with Gasteiger partial charge in [0.15, 0.2) is 0 Å². The van der Waals surface area contributed by atoms with E-state index in [1.54, 1.807) is 0 Å². The maximum Gasteiger partial charge on any atom is 2.00 e. The minimum atomic E-state index is -1.06. The summed E-state index contributed by atoms with van der Waals surface area (Å²) >= 11 is 0. The molecule has 66 valence electrons. The zero-order valence-electron chi connectivity index (χ0n) is 8.73. The molecule has 4 nitrogen and oxygen atoms in total. The molecule has 0 fully saturated rings. The number of hydrogen-bond acceptors (Lipinski definition) is 2. The first-order valence-corrected chi connectivity index (χ1v) is 3.18. The first-order valence-electron chi connectivity index (χ1n) is 3.18. The first-order chi connectivity index (χ1) is 5.61. The Bertz CT molecular complexity index is 293. The summed E-state index contributed by atoms with van der Waals surface area (Å²) < 4.78 is 0. The van der Waals surface area contributed by atoms with E-state index in [1.807, 2.05) is 0 Å². The van der Waals surface area contributed by atoms with Crippen LogP contribution in [0, 0.1) is 0 Å². The van der Waals surface area contributed by atoms with Gasteiger partial charge in [-0.3, -0.25) is 0 Å². The van der Waals surface area contributed by atoms with Gasteiger partial charge in [0.25, 0.3) is 0 Å². The Morgan fingerprint density at radius 2 is 1.15 bits per heavy atom. The molecule has 1 aromatic rings. The molecule has 2 N–H and O–H groups in total. The van der Waals surface area contributed by atoms with Gasteiger partial charge in [0.1, 0.15) is 0 Å². The monoisotopic (exact) mass is 306 g/mol. The second-order valence-electron chi connectivity index (χ2n) is 2.19. The largest absolute Gasteiger partial charge is 2.00 e. The molecule has 0 saturated heterocycles. The van der Waals surface area contributed by atoms with Crippen LogP contribution in [-0.2, 0) is 0 Å². The number of aromatic carboxylic acids is 2. The number of hydrogen-bond donors (Lipinski definition) is 2. The van der Waals surface area contributed by atoms with E-state index in [1.165, 1.54) is 24.3 Å². The van der Waals surface area contributed by atoms with E-state index < -0.39 is 11.9 Å². The standard InChI is InChI=1S/C8H6O4.Ba.2H/c9-7(10)5-1-2-6(4-3-5)8(11)12;;;/h1-4H,(H,9,10)(H,11,12);;;/q;+2;2*-1. The Morgan fingerprint density at radius 3 is 1.31 bits per heavy atom. The van der Waals surface area contributed by atoms with Crippen molar-refractivity contribution in [1.82, 2.24) is 0 Å². The molecule has 0 bridgehead atoms. The molecule has 1 rings (SSSR count). The summed E-state index contributed by atoms with van der Waals surface area (Å²) in [5.74, 6) is -2.13. The van der Waals surface area contributed by atoms with E-state index in [-0.39, 0.29) is 62.9 Å². The van der Waals surface area contributed by atoms with Crippen LogP contribution < -0.4 is 0 Å². The van der Waals surface area contributed by atoms with Crippen molar-refractivity contribution in [2.75, 3.05) is 0 Å². The number of carbonyl (C=O) groups is 2. The molecular weight excluding hydrogens is 297 g/mol. The second-order valence-corrected chi connectivity index (χ2v) is 2.19. The molecule has 0 heterocycles. The Kier molecular flexibility index (Phi) is 5.35. The van der Waals surface area contributed by atoms with Crippen molar-refractivity contribution < 1.29 is 22.7 Å². The van der Waals surface area contributed by atoms with Crippen molar-refractivity contribution in [1.29, 1.82) is 0 Å². The fourth-order valence-electron chi connectivity index (χ4n) is 0.755. The number of benzene rings is 1. The summed E-state index contributed by atoms with van der Waals surface area (Å²) in [4.78, 5) is 20.7. The Hall–Kier alpha value is -0.269. The van der Waals surface area contributed by atoms with Gasteiger partial charge in [0, 0.05) is 0 Å². The van der Waals surface area contributed by atoms with Gasteiger partial charge < -0.3 is 13.1 Å². The summed E-state index contributed by atoms with van der Waals surface area (Å²) in [6.45, 7) is 0.